The first-order chi connectivity index (χ1) is 9.13. The van der Waals surface area contributed by atoms with Crippen LogP contribution in [0.1, 0.15) is 29.7 Å². The van der Waals surface area contributed by atoms with Crippen molar-refractivity contribution in [3.63, 3.8) is 0 Å². The Morgan fingerprint density at radius 1 is 1.21 bits per heavy atom. The number of aryl methyl sites for hydroxylation is 1. The first-order valence-corrected chi connectivity index (χ1v) is 7.16. The van der Waals surface area contributed by atoms with Gasteiger partial charge in [0.15, 0.2) is 0 Å². The van der Waals surface area contributed by atoms with Crippen LogP contribution < -0.4 is 5.32 Å². The van der Waals surface area contributed by atoms with Gasteiger partial charge in [0.25, 0.3) is 0 Å². The smallest absolute Gasteiger partial charge is 0.137 e. The van der Waals surface area contributed by atoms with Gasteiger partial charge in [-0.3, -0.25) is 0 Å². The summed E-state index contributed by atoms with van der Waals surface area (Å²) in [5.41, 5.74) is 3.33. The van der Waals surface area contributed by atoms with Gasteiger partial charge >= 0.3 is 0 Å². The molecule has 3 heteroatoms. The number of rotatable bonds is 4. The summed E-state index contributed by atoms with van der Waals surface area (Å²) in [5, 5.41) is 3.42. The summed E-state index contributed by atoms with van der Waals surface area (Å²) in [4.78, 5) is 0. The molecule has 1 N–H and O–H groups in total. The van der Waals surface area contributed by atoms with Crippen LogP contribution in [0.15, 0.2) is 46.9 Å². The second-order valence-corrected chi connectivity index (χ2v) is 5.38. The maximum Gasteiger partial charge on any atom is 0.137 e. The Morgan fingerprint density at radius 2 is 1.95 bits per heavy atom. The normalized spacial score (nSPS) is 12.4. The molecule has 0 amide bonds. The van der Waals surface area contributed by atoms with E-state index >= 15 is 0 Å². The molecule has 0 aliphatic carbocycles. The molecule has 2 rings (SSSR count). The van der Waals surface area contributed by atoms with Crippen molar-refractivity contribution in [3.05, 3.63) is 69.4 Å². The monoisotopic (exact) mass is 321 g/mol. The minimum absolute atomic E-state index is 0.0220. The number of benzene rings is 2. The zero-order valence-corrected chi connectivity index (χ0v) is 12.7. The molecule has 19 heavy (non-hydrogen) atoms. The van der Waals surface area contributed by atoms with Gasteiger partial charge in [-0.1, -0.05) is 37.3 Å². The fraction of sp³-hybridized carbons (Fsp3) is 0.250. The van der Waals surface area contributed by atoms with Crippen LogP contribution in [0.25, 0.3) is 0 Å². The number of nitrogens with one attached hydrogen (secondary N) is 1. The van der Waals surface area contributed by atoms with Crippen LogP contribution in [-0.2, 0) is 0 Å². The Hall–Kier alpha value is -1.19. The molecule has 0 spiro atoms. The molecule has 1 atom stereocenters. The van der Waals surface area contributed by atoms with Crippen LogP contribution in [0.3, 0.4) is 0 Å². The average molecular weight is 322 g/mol. The summed E-state index contributed by atoms with van der Waals surface area (Å²) < 4.78 is 14.2. The first kappa shape index (κ1) is 14.2. The summed E-state index contributed by atoms with van der Waals surface area (Å²) >= 11 is 3.19. The number of hydrogen-bond acceptors (Lipinski definition) is 1. The minimum atomic E-state index is -0.228. The van der Waals surface area contributed by atoms with Crippen LogP contribution in [0.4, 0.5) is 4.39 Å². The van der Waals surface area contributed by atoms with Crippen molar-refractivity contribution in [3.8, 4) is 0 Å². The third kappa shape index (κ3) is 3.23. The highest BCUT2D eigenvalue weighted by Crippen LogP contribution is 2.27. The third-order valence-electron chi connectivity index (χ3n) is 3.18. The lowest BCUT2D eigenvalue weighted by Gasteiger charge is -2.21. The van der Waals surface area contributed by atoms with E-state index in [-0.39, 0.29) is 11.9 Å². The third-order valence-corrected chi connectivity index (χ3v) is 3.83. The summed E-state index contributed by atoms with van der Waals surface area (Å²) in [6.07, 6.45) is 0. The lowest BCUT2D eigenvalue weighted by Crippen LogP contribution is -2.22. The number of halogens is 2. The largest absolute Gasteiger partial charge is 0.307 e. The van der Waals surface area contributed by atoms with E-state index in [1.807, 2.05) is 18.2 Å². The molecule has 0 saturated heterocycles. The topological polar surface area (TPSA) is 12.0 Å². The quantitative estimate of drug-likeness (QED) is 0.868. The maximum atomic E-state index is 13.7. The Balaban J connectivity index is 2.45. The SMILES string of the molecule is CCNC(c1ccc(Br)c(F)c1)c1ccccc1C. The van der Waals surface area contributed by atoms with Crippen molar-refractivity contribution in [1.29, 1.82) is 0 Å². The molecule has 1 nitrogen and oxygen atoms in total. The highest BCUT2D eigenvalue weighted by molar-refractivity contribution is 9.10. The van der Waals surface area contributed by atoms with Gasteiger partial charge in [0, 0.05) is 0 Å². The minimum Gasteiger partial charge on any atom is -0.307 e. The van der Waals surface area contributed by atoms with Gasteiger partial charge in [0.2, 0.25) is 0 Å². The molecule has 0 aliphatic rings. The van der Waals surface area contributed by atoms with E-state index in [0.717, 1.165) is 12.1 Å². The highest BCUT2D eigenvalue weighted by Gasteiger charge is 2.16. The zero-order valence-electron chi connectivity index (χ0n) is 11.1. The summed E-state index contributed by atoms with van der Waals surface area (Å²) in [7, 11) is 0. The fourth-order valence-electron chi connectivity index (χ4n) is 2.21. The Bertz CT molecular complexity index is 568. The molecule has 0 fully saturated rings. The van der Waals surface area contributed by atoms with E-state index in [1.165, 1.54) is 11.1 Å². The predicted octanol–water partition coefficient (Wildman–Crippen LogP) is 4.60. The average Bonchev–Trinajstić information content (AvgIpc) is 2.40. The Morgan fingerprint density at radius 3 is 2.58 bits per heavy atom. The molecule has 100 valence electrons. The second kappa shape index (κ2) is 6.31. The predicted molar refractivity (Wildman–Crippen MR) is 80.8 cm³/mol. The molecule has 0 radical (unpaired) electrons. The van der Waals surface area contributed by atoms with Crippen molar-refractivity contribution in [2.75, 3.05) is 6.54 Å². The van der Waals surface area contributed by atoms with E-state index in [2.05, 4.69) is 47.2 Å². The molecule has 0 aromatic heterocycles. The fourth-order valence-corrected chi connectivity index (χ4v) is 2.46. The van der Waals surface area contributed by atoms with Crippen LogP contribution in [0.5, 0.6) is 0 Å². The molecule has 0 heterocycles. The van der Waals surface area contributed by atoms with Crippen LogP contribution >= 0.6 is 15.9 Å². The van der Waals surface area contributed by atoms with E-state index < -0.39 is 0 Å². The van der Waals surface area contributed by atoms with Crippen LogP contribution in [0.2, 0.25) is 0 Å². The van der Waals surface area contributed by atoms with Gasteiger partial charge < -0.3 is 5.32 Å². The molecule has 2 aromatic rings. The molecular formula is C16H17BrFN. The summed E-state index contributed by atoms with van der Waals surface area (Å²) in [6.45, 7) is 4.96. The van der Waals surface area contributed by atoms with E-state index in [4.69, 9.17) is 0 Å². The van der Waals surface area contributed by atoms with Gasteiger partial charge in [-0.2, -0.15) is 0 Å². The first-order valence-electron chi connectivity index (χ1n) is 6.37. The van der Waals surface area contributed by atoms with E-state index in [0.29, 0.717) is 4.47 Å². The van der Waals surface area contributed by atoms with Gasteiger partial charge in [0.05, 0.1) is 10.5 Å². The number of hydrogen-bond donors (Lipinski definition) is 1. The molecular weight excluding hydrogens is 305 g/mol. The molecule has 2 aromatic carbocycles. The van der Waals surface area contributed by atoms with Crippen molar-refractivity contribution in [2.24, 2.45) is 0 Å². The van der Waals surface area contributed by atoms with Crippen LogP contribution in [-0.4, -0.2) is 6.54 Å². The van der Waals surface area contributed by atoms with Gasteiger partial charge in [-0.05, 0) is 58.2 Å². The van der Waals surface area contributed by atoms with Crippen molar-refractivity contribution in [1.82, 2.24) is 5.32 Å². The van der Waals surface area contributed by atoms with Gasteiger partial charge in [0.1, 0.15) is 5.82 Å². The summed E-state index contributed by atoms with van der Waals surface area (Å²) in [5.74, 6) is -0.228. The molecule has 0 saturated carbocycles. The van der Waals surface area contributed by atoms with Crippen molar-refractivity contribution in [2.45, 2.75) is 19.9 Å². The zero-order chi connectivity index (χ0) is 13.8. The highest BCUT2D eigenvalue weighted by atomic mass is 79.9. The molecule has 0 aliphatic heterocycles. The van der Waals surface area contributed by atoms with Crippen molar-refractivity contribution < 1.29 is 4.39 Å². The van der Waals surface area contributed by atoms with E-state index in [9.17, 15) is 4.39 Å². The molecule has 0 bridgehead atoms. The molecule has 1 unspecified atom stereocenters. The van der Waals surface area contributed by atoms with Gasteiger partial charge in [-0.25, -0.2) is 4.39 Å². The lowest BCUT2D eigenvalue weighted by atomic mass is 9.95. The standard InChI is InChI=1S/C16H17BrFN/c1-3-19-16(13-7-5-4-6-11(13)2)12-8-9-14(17)15(18)10-12/h4-10,16,19H,3H2,1-2H3. The Labute approximate surface area is 122 Å². The summed E-state index contributed by atoms with van der Waals surface area (Å²) in [6, 6.07) is 13.5. The lowest BCUT2D eigenvalue weighted by molar-refractivity contribution is 0.598. The van der Waals surface area contributed by atoms with E-state index in [1.54, 1.807) is 12.1 Å². The maximum absolute atomic E-state index is 13.7. The second-order valence-electron chi connectivity index (χ2n) is 4.52. The van der Waals surface area contributed by atoms with Crippen LogP contribution in [0, 0.1) is 12.7 Å². The Kier molecular flexibility index (Phi) is 4.72. The van der Waals surface area contributed by atoms with Gasteiger partial charge in [-0.15, -0.1) is 0 Å². The van der Waals surface area contributed by atoms with Crippen molar-refractivity contribution >= 4 is 15.9 Å².